The number of amides is 1. The molecular formula is C21H26BrN3O5S2. The second-order valence-corrected chi connectivity index (χ2v) is 12.1. The van der Waals surface area contributed by atoms with Gasteiger partial charge in [0.1, 0.15) is 0 Å². The van der Waals surface area contributed by atoms with E-state index in [1.54, 1.807) is 24.3 Å². The third-order valence-electron chi connectivity index (χ3n) is 5.44. The molecule has 3 rings (SSSR count). The van der Waals surface area contributed by atoms with Gasteiger partial charge in [-0.05, 0) is 54.8 Å². The van der Waals surface area contributed by atoms with Crippen LogP contribution in [0.1, 0.15) is 37.7 Å². The fraction of sp³-hybridized carbons (Fsp3) is 0.381. The van der Waals surface area contributed by atoms with E-state index in [2.05, 4.69) is 21.2 Å². The molecule has 32 heavy (non-hydrogen) atoms. The first-order valence-corrected chi connectivity index (χ1v) is 14.0. The number of rotatable bonds is 8. The predicted octanol–water partition coefficient (Wildman–Crippen LogP) is 2.74. The Morgan fingerprint density at radius 3 is 2.06 bits per heavy atom. The van der Waals surface area contributed by atoms with Gasteiger partial charge in [-0.25, -0.2) is 22.0 Å². The molecular weight excluding hydrogens is 518 g/mol. The summed E-state index contributed by atoms with van der Waals surface area (Å²) in [6, 6.07) is 12.0. The highest BCUT2D eigenvalue weighted by atomic mass is 79.9. The molecule has 174 valence electrons. The molecule has 0 unspecified atom stereocenters. The number of hydrogen-bond acceptors (Lipinski definition) is 5. The Labute approximate surface area is 197 Å². The third kappa shape index (κ3) is 6.38. The summed E-state index contributed by atoms with van der Waals surface area (Å²) in [5.74, 6) is -0.424. The van der Waals surface area contributed by atoms with Gasteiger partial charge in [0.2, 0.25) is 26.0 Å². The maximum atomic E-state index is 13.3. The summed E-state index contributed by atoms with van der Waals surface area (Å²) in [5.41, 5.74) is 0.672. The number of nitrogens with one attached hydrogen (secondary N) is 1. The minimum Gasteiger partial charge on any atom is -0.351 e. The first-order chi connectivity index (χ1) is 15.1. The molecule has 0 heterocycles. The highest BCUT2D eigenvalue weighted by Gasteiger charge is 2.33. The summed E-state index contributed by atoms with van der Waals surface area (Å²) in [4.78, 5) is 12.8. The van der Waals surface area contributed by atoms with Gasteiger partial charge in [0.05, 0.1) is 16.3 Å². The maximum Gasteiger partial charge on any atom is 0.243 e. The summed E-state index contributed by atoms with van der Waals surface area (Å²) in [5, 5.41) is 7.82. The number of sulfonamides is 2. The SMILES string of the molecule is NS(=O)(=O)c1ccc(CNC(=O)CN(C2CCCCC2)S(=O)(=O)c2ccc(Br)cc2)cc1. The second kappa shape index (κ2) is 10.4. The number of nitrogens with zero attached hydrogens (tertiary/aromatic N) is 1. The highest BCUT2D eigenvalue weighted by Crippen LogP contribution is 2.28. The number of primary sulfonamides is 1. The lowest BCUT2D eigenvalue weighted by molar-refractivity contribution is -0.121. The van der Waals surface area contributed by atoms with E-state index in [4.69, 9.17) is 5.14 Å². The van der Waals surface area contributed by atoms with E-state index in [0.717, 1.165) is 36.6 Å². The van der Waals surface area contributed by atoms with Crippen molar-refractivity contribution in [1.29, 1.82) is 0 Å². The quantitative estimate of drug-likeness (QED) is 0.529. The van der Waals surface area contributed by atoms with Gasteiger partial charge in [0.15, 0.2) is 0 Å². The van der Waals surface area contributed by atoms with Crippen LogP contribution in [0.2, 0.25) is 0 Å². The van der Waals surface area contributed by atoms with Crippen molar-refractivity contribution in [2.45, 2.75) is 54.5 Å². The average Bonchev–Trinajstić information content (AvgIpc) is 2.76. The van der Waals surface area contributed by atoms with E-state index in [-0.39, 0.29) is 28.9 Å². The van der Waals surface area contributed by atoms with Gasteiger partial charge in [0, 0.05) is 17.1 Å². The van der Waals surface area contributed by atoms with E-state index in [1.165, 1.54) is 28.6 Å². The van der Waals surface area contributed by atoms with Crippen molar-refractivity contribution in [3.05, 3.63) is 58.6 Å². The summed E-state index contributed by atoms with van der Waals surface area (Å²) >= 11 is 3.31. The van der Waals surface area contributed by atoms with E-state index < -0.39 is 26.0 Å². The largest absolute Gasteiger partial charge is 0.351 e. The monoisotopic (exact) mass is 543 g/mol. The topological polar surface area (TPSA) is 127 Å². The van der Waals surface area contributed by atoms with E-state index in [1.807, 2.05) is 0 Å². The van der Waals surface area contributed by atoms with Crippen molar-refractivity contribution in [3.63, 3.8) is 0 Å². The molecule has 3 N–H and O–H groups in total. The third-order valence-corrected chi connectivity index (χ3v) is 8.81. The van der Waals surface area contributed by atoms with Crippen LogP contribution in [0.15, 0.2) is 62.8 Å². The van der Waals surface area contributed by atoms with Crippen molar-refractivity contribution in [1.82, 2.24) is 9.62 Å². The molecule has 1 aliphatic carbocycles. The van der Waals surface area contributed by atoms with Crippen LogP contribution in [0.4, 0.5) is 0 Å². The number of halogens is 1. The van der Waals surface area contributed by atoms with Crippen LogP contribution in [0.25, 0.3) is 0 Å². The van der Waals surface area contributed by atoms with Crippen LogP contribution in [-0.2, 0) is 31.4 Å². The average molecular weight is 544 g/mol. The van der Waals surface area contributed by atoms with Gasteiger partial charge in [-0.2, -0.15) is 4.31 Å². The van der Waals surface area contributed by atoms with Gasteiger partial charge in [0.25, 0.3) is 0 Å². The van der Waals surface area contributed by atoms with Crippen LogP contribution >= 0.6 is 15.9 Å². The molecule has 1 aliphatic rings. The molecule has 2 aromatic rings. The lowest BCUT2D eigenvalue weighted by atomic mass is 9.95. The fourth-order valence-electron chi connectivity index (χ4n) is 3.72. The van der Waals surface area contributed by atoms with E-state index >= 15 is 0 Å². The smallest absolute Gasteiger partial charge is 0.243 e. The van der Waals surface area contributed by atoms with Crippen LogP contribution in [0.3, 0.4) is 0 Å². The lowest BCUT2D eigenvalue weighted by Crippen LogP contribution is -2.46. The molecule has 2 aromatic carbocycles. The first kappa shape index (κ1) is 24.8. The summed E-state index contributed by atoms with van der Waals surface area (Å²) in [6.07, 6.45) is 4.35. The zero-order valence-electron chi connectivity index (χ0n) is 17.4. The van der Waals surface area contributed by atoms with Crippen molar-refractivity contribution >= 4 is 41.9 Å². The minimum absolute atomic E-state index is 0.0170. The predicted molar refractivity (Wildman–Crippen MR) is 125 cm³/mol. The second-order valence-electron chi connectivity index (χ2n) is 7.76. The maximum absolute atomic E-state index is 13.3. The summed E-state index contributed by atoms with van der Waals surface area (Å²) in [7, 11) is -7.63. The van der Waals surface area contributed by atoms with Crippen molar-refractivity contribution in [2.75, 3.05) is 6.54 Å². The van der Waals surface area contributed by atoms with Gasteiger partial charge >= 0.3 is 0 Å². The fourth-order valence-corrected chi connectivity index (χ4v) is 6.14. The molecule has 0 spiro atoms. The van der Waals surface area contributed by atoms with Crippen molar-refractivity contribution < 1.29 is 21.6 Å². The molecule has 0 aliphatic heterocycles. The number of carbonyl (C=O) groups is 1. The Balaban J connectivity index is 1.73. The van der Waals surface area contributed by atoms with Gasteiger partial charge in [-0.3, -0.25) is 4.79 Å². The summed E-state index contributed by atoms with van der Waals surface area (Å²) < 4.78 is 51.5. The molecule has 0 radical (unpaired) electrons. The Bertz CT molecular complexity index is 1140. The number of carbonyl (C=O) groups excluding carboxylic acids is 1. The van der Waals surface area contributed by atoms with Crippen molar-refractivity contribution in [3.8, 4) is 0 Å². The number of benzene rings is 2. The Kier molecular flexibility index (Phi) is 8.10. The van der Waals surface area contributed by atoms with E-state index in [0.29, 0.717) is 5.56 Å². The molecule has 0 aromatic heterocycles. The van der Waals surface area contributed by atoms with Crippen LogP contribution < -0.4 is 10.5 Å². The number of hydrogen-bond donors (Lipinski definition) is 2. The van der Waals surface area contributed by atoms with Gasteiger partial charge < -0.3 is 5.32 Å². The molecule has 0 atom stereocenters. The normalized spacial score (nSPS) is 15.6. The Morgan fingerprint density at radius 2 is 1.50 bits per heavy atom. The molecule has 11 heteroatoms. The molecule has 8 nitrogen and oxygen atoms in total. The zero-order valence-corrected chi connectivity index (χ0v) is 20.6. The molecule has 1 fully saturated rings. The Hall–Kier alpha value is -1.79. The van der Waals surface area contributed by atoms with Crippen LogP contribution in [0, 0.1) is 0 Å². The highest BCUT2D eigenvalue weighted by molar-refractivity contribution is 9.10. The van der Waals surface area contributed by atoms with Crippen molar-refractivity contribution in [2.24, 2.45) is 5.14 Å². The molecule has 0 saturated heterocycles. The standard InChI is InChI=1S/C21H26BrN3O5S2/c22-17-8-12-20(13-9-17)32(29,30)25(18-4-2-1-3-5-18)15-21(26)24-14-16-6-10-19(11-7-16)31(23,27)28/h6-13,18H,1-5,14-15H2,(H,24,26)(H2,23,27,28). The molecule has 0 bridgehead atoms. The van der Waals surface area contributed by atoms with Crippen LogP contribution in [0.5, 0.6) is 0 Å². The number of nitrogens with two attached hydrogens (primary N) is 1. The zero-order chi connectivity index (χ0) is 23.4. The molecule has 1 amide bonds. The van der Waals surface area contributed by atoms with Gasteiger partial charge in [-0.15, -0.1) is 0 Å². The first-order valence-electron chi connectivity index (χ1n) is 10.2. The minimum atomic E-state index is -3.85. The van der Waals surface area contributed by atoms with Gasteiger partial charge in [-0.1, -0.05) is 47.3 Å². The summed E-state index contributed by atoms with van der Waals surface area (Å²) in [6.45, 7) is -0.140. The lowest BCUT2D eigenvalue weighted by Gasteiger charge is -2.33. The Morgan fingerprint density at radius 1 is 0.938 bits per heavy atom. The van der Waals surface area contributed by atoms with Crippen LogP contribution in [-0.4, -0.2) is 39.6 Å². The molecule has 1 saturated carbocycles. The van der Waals surface area contributed by atoms with E-state index in [9.17, 15) is 21.6 Å².